The molecule has 0 spiro atoms. The van der Waals surface area contributed by atoms with E-state index in [4.69, 9.17) is 14.0 Å². The molecule has 0 fully saturated rings. The number of aromatic nitrogens is 2. The van der Waals surface area contributed by atoms with Gasteiger partial charge in [-0.3, -0.25) is 4.79 Å². The molecule has 3 aromatic rings. The molecule has 0 aliphatic rings. The summed E-state index contributed by atoms with van der Waals surface area (Å²) in [7, 11) is 1.61. The zero-order chi connectivity index (χ0) is 20.5. The van der Waals surface area contributed by atoms with E-state index in [-0.39, 0.29) is 5.91 Å². The first-order valence-corrected chi connectivity index (χ1v) is 10.5. The lowest BCUT2D eigenvalue weighted by Gasteiger charge is -2.12. The number of hydrogen-bond acceptors (Lipinski definition) is 7. The van der Waals surface area contributed by atoms with E-state index in [1.807, 2.05) is 35.7 Å². The van der Waals surface area contributed by atoms with Gasteiger partial charge in [-0.05, 0) is 42.0 Å². The Labute approximate surface area is 174 Å². The summed E-state index contributed by atoms with van der Waals surface area (Å²) in [6.45, 7) is 3.13. The number of benzene rings is 1. The molecule has 0 radical (unpaired) electrons. The molecule has 1 aromatic carbocycles. The molecular formula is C21H25N3O4S. The first-order chi connectivity index (χ1) is 14.2. The number of methoxy groups -OCH3 is 1. The van der Waals surface area contributed by atoms with E-state index >= 15 is 0 Å². The van der Waals surface area contributed by atoms with Crippen molar-refractivity contribution in [2.24, 2.45) is 0 Å². The molecule has 29 heavy (non-hydrogen) atoms. The first-order valence-electron chi connectivity index (χ1n) is 9.62. The fraction of sp³-hybridized carbons (Fsp3) is 0.381. The quantitative estimate of drug-likeness (QED) is 0.504. The number of rotatable bonds is 11. The molecule has 0 saturated carbocycles. The van der Waals surface area contributed by atoms with E-state index in [0.717, 1.165) is 16.9 Å². The average Bonchev–Trinajstić information content (AvgIpc) is 3.43. The minimum atomic E-state index is -0.0201. The summed E-state index contributed by atoms with van der Waals surface area (Å²) in [5.74, 6) is 2.51. The number of ether oxygens (including phenoxy) is 2. The van der Waals surface area contributed by atoms with Gasteiger partial charge < -0.3 is 19.3 Å². The second-order valence-electron chi connectivity index (χ2n) is 6.45. The summed E-state index contributed by atoms with van der Waals surface area (Å²) in [5, 5.41) is 8.87. The van der Waals surface area contributed by atoms with Crippen molar-refractivity contribution in [3.63, 3.8) is 0 Å². The van der Waals surface area contributed by atoms with Crippen molar-refractivity contribution in [1.82, 2.24) is 15.5 Å². The van der Waals surface area contributed by atoms with Gasteiger partial charge in [-0.2, -0.15) is 4.98 Å². The van der Waals surface area contributed by atoms with Gasteiger partial charge in [-0.15, -0.1) is 11.3 Å². The summed E-state index contributed by atoms with van der Waals surface area (Å²) >= 11 is 1.56. The van der Waals surface area contributed by atoms with Crippen LogP contribution in [-0.4, -0.2) is 29.8 Å². The van der Waals surface area contributed by atoms with E-state index in [1.165, 1.54) is 0 Å². The van der Waals surface area contributed by atoms with Crippen LogP contribution in [0.1, 0.15) is 37.6 Å². The summed E-state index contributed by atoms with van der Waals surface area (Å²) in [4.78, 5) is 17.5. The van der Waals surface area contributed by atoms with Crippen LogP contribution in [0, 0.1) is 0 Å². The highest BCUT2D eigenvalue weighted by Gasteiger charge is 2.11. The maximum Gasteiger partial charge on any atom is 0.226 e. The van der Waals surface area contributed by atoms with Crippen molar-refractivity contribution < 1.29 is 18.8 Å². The van der Waals surface area contributed by atoms with Gasteiger partial charge in [0.2, 0.25) is 17.6 Å². The second kappa shape index (κ2) is 10.6. The lowest BCUT2D eigenvalue weighted by atomic mass is 10.2. The summed E-state index contributed by atoms with van der Waals surface area (Å²) in [6, 6.07) is 9.58. The van der Waals surface area contributed by atoms with Crippen LogP contribution in [0.4, 0.5) is 0 Å². The van der Waals surface area contributed by atoms with Crippen molar-refractivity contribution in [3.05, 3.63) is 47.2 Å². The minimum Gasteiger partial charge on any atom is -0.493 e. The first kappa shape index (κ1) is 20.9. The van der Waals surface area contributed by atoms with Crippen LogP contribution in [0.25, 0.3) is 10.7 Å². The monoisotopic (exact) mass is 415 g/mol. The Balaban J connectivity index is 1.42. The van der Waals surface area contributed by atoms with Gasteiger partial charge in [0.25, 0.3) is 0 Å². The van der Waals surface area contributed by atoms with Gasteiger partial charge >= 0.3 is 0 Å². The Morgan fingerprint density at radius 2 is 2.17 bits per heavy atom. The molecule has 0 saturated heterocycles. The molecule has 0 aliphatic carbocycles. The predicted octanol–water partition coefficient (Wildman–Crippen LogP) is 4.23. The smallest absolute Gasteiger partial charge is 0.226 e. The molecule has 1 N–H and O–H groups in total. The number of amides is 1. The highest BCUT2D eigenvalue weighted by atomic mass is 32.1. The highest BCUT2D eigenvalue weighted by molar-refractivity contribution is 7.13. The molecule has 0 bridgehead atoms. The van der Waals surface area contributed by atoms with Crippen molar-refractivity contribution in [2.45, 2.75) is 39.2 Å². The molecular weight excluding hydrogens is 390 g/mol. The van der Waals surface area contributed by atoms with Gasteiger partial charge in [0, 0.05) is 19.4 Å². The van der Waals surface area contributed by atoms with Crippen molar-refractivity contribution in [3.8, 4) is 22.2 Å². The fourth-order valence-corrected chi connectivity index (χ4v) is 3.35. The Bertz CT molecular complexity index is 909. The van der Waals surface area contributed by atoms with Crippen LogP contribution in [0.3, 0.4) is 0 Å². The number of nitrogens with one attached hydrogen (secondary N) is 1. The highest BCUT2D eigenvalue weighted by Crippen LogP contribution is 2.28. The fourth-order valence-electron chi connectivity index (χ4n) is 2.70. The molecule has 2 aromatic heterocycles. The standard InChI is InChI=1S/C21H25N3O4S/c1-3-11-27-16-10-9-15(13-17(16)26-2)14-22-19(25)7-4-8-20-23-21(24-28-20)18-6-5-12-29-18/h5-6,9-10,12-13H,3-4,7-8,11,14H2,1-2H3,(H,22,25). The van der Waals surface area contributed by atoms with Gasteiger partial charge in [0.15, 0.2) is 11.5 Å². The van der Waals surface area contributed by atoms with E-state index < -0.39 is 0 Å². The van der Waals surface area contributed by atoms with E-state index in [1.54, 1.807) is 18.4 Å². The van der Waals surface area contributed by atoms with Crippen LogP contribution in [0.5, 0.6) is 11.5 Å². The number of hydrogen-bond donors (Lipinski definition) is 1. The third-order valence-electron chi connectivity index (χ3n) is 4.18. The zero-order valence-corrected chi connectivity index (χ0v) is 17.5. The number of thiophene rings is 1. The van der Waals surface area contributed by atoms with E-state index in [0.29, 0.717) is 55.6 Å². The molecule has 2 heterocycles. The van der Waals surface area contributed by atoms with E-state index in [9.17, 15) is 4.79 Å². The molecule has 1 amide bonds. The Hall–Kier alpha value is -2.87. The molecule has 8 heteroatoms. The van der Waals surface area contributed by atoms with Gasteiger partial charge in [0.1, 0.15) is 0 Å². The Kier molecular flexibility index (Phi) is 7.63. The van der Waals surface area contributed by atoms with Crippen LogP contribution in [-0.2, 0) is 17.8 Å². The maximum absolute atomic E-state index is 12.1. The van der Waals surface area contributed by atoms with Crippen molar-refractivity contribution in [2.75, 3.05) is 13.7 Å². The van der Waals surface area contributed by atoms with Gasteiger partial charge in [-0.1, -0.05) is 24.2 Å². The maximum atomic E-state index is 12.1. The summed E-state index contributed by atoms with van der Waals surface area (Å²) in [6.07, 6.45) is 2.54. The van der Waals surface area contributed by atoms with E-state index in [2.05, 4.69) is 22.4 Å². The average molecular weight is 416 g/mol. The lowest BCUT2D eigenvalue weighted by Crippen LogP contribution is -2.22. The SMILES string of the molecule is CCCOc1ccc(CNC(=O)CCCc2nc(-c3cccs3)no2)cc1OC. The topological polar surface area (TPSA) is 86.5 Å². The van der Waals surface area contributed by atoms with Gasteiger partial charge in [0.05, 0.1) is 18.6 Å². The van der Waals surface area contributed by atoms with Crippen LogP contribution < -0.4 is 14.8 Å². The summed E-state index contributed by atoms with van der Waals surface area (Å²) in [5.41, 5.74) is 0.955. The molecule has 154 valence electrons. The molecule has 3 rings (SSSR count). The van der Waals surface area contributed by atoms with Gasteiger partial charge in [-0.25, -0.2) is 0 Å². The molecule has 7 nitrogen and oxygen atoms in total. The van der Waals surface area contributed by atoms with Crippen LogP contribution in [0.15, 0.2) is 40.2 Å². The second-order valence-corrected chi connectivity index (χ2v) is 7.40. The lowest BCUT2D eigenvalue weighted by molar-refractivity contribution is -0.121. The minimum absolute atomic E-state index is 0.0201. The number of carbonyl (C=O) groups is 1. The largest absolute Gasteiger partial charge is 0.493 e. The Morgan fingerprint density at radius 3 is 2.93 bits per heavy atom. The number of carbonyl (C=O) groups excluding carboxylic acids is 1. The van der Waals surface area contributed by atoms with Crippen molar-refractivity contribution >= 4 is 17.2 Å². The zero-order valence-electron chi connectivity index (χ0n) is 16.6. The molecule has 0 aliphatic heterocycles. The molecule has 0 atom stereocenters. The van der Waals surface area contributed by atoms with Crippen molar-refractivity contribution in [1.29, 1.82) is 0 Å². The number of nitrogens with zero attached hydrogens (tertiary/aromatic N) is 2. The normalized spacial score (nSPS) is 10.7. The third-order valence-corrected chi connectivity index (χ3v) is 5.05. The van der Waals surface area contributed by atoms with Crippen LogP contribution in [0.2, 0.25) is 0 Å². The third kappa shape index (κ3) is 6.05. The Morgan fingerprint density at radius 1 is 1.28 bits per heavy atom. The van der Waals surface area contributed by atoms with Crippen LogP contribution >= 0.6 is 11.3 Å². The predicted molar refractivity (Wildman–Crippen MR) is 111 cm³/mol. The molecule has 0 unspecified atom stereocenters. The summed E-state index contributed by atoms with van der Waals surface area (Å²) < 4.78 is 16.3. The number of aryl methyl sites for hydroxylation is 1.